The molecular weight excluding hydrogens is 366 g/mol. The summed E-state index contributed by atoms with van der Waals surface area (Å²) >= 11 is 1.51. The number of rotatable bonds is 5. The Balaban J connectivity index is 1.46. The van der Waals surface area contributed by atoms with Crippen molar-refractivity contribution in [3.8, 4) is 23.0 Å². The summed E-state index contributed by atoms with van der Waals surface area (Å²) in [7, 11) is 3.29. The minimum absolute atomic E-state index is 0.274. The first-order valence-corrected chi connectivity index (χ1v) is 9.19. The molecule has 2 aliphatic heterocycles. The summed E-state index contributed by atoms with van der Waals surface area (Å²) in [5.74, 6) is 3.07. The number of fused-ring (bicyclic) bond motifs is 1. The van der Waals surface area contributed by atoms with Gasteiger partial charge in [-0.1, -0.05) is 17.8 Å². The summed E-state index contributed by atoms with van der Waals surface area (Å²) in [6, 6.07) is 11.5. The van der Waals surface area contributed by atoms with Crippen molar-refractivity contribution in [2.75, 3.05) is 21.0 Å². The van der Waals surface area contributed by atoms with Crippen LogP contribution in [0.5, 0.6) is 23.0 Å². The number of nitrogens with one attached hydrogen (secondary N) is 2. The number of thioether (sulfide) groups is 1. The van der Waals surface area contributed by atoms with E-state index in [1.807, 2.05) is 41.8 Å². The average Bonchev–Trinajstić information content (AvgIpc) is 3.20. The number of aliphatic imine (C=N–C) groups is 1. The first-order chi connectivity index (χ1) is 13.3. The number of hydrogen-bond acceptors (Lipinski definition) is 7. The van der Waals surface area contributed by atoms with Gasteiger partial charge in [-0.3, -0.25) is 15.8 Å². The number of hydrogen-bond donors (Lipinski definition) is 2. The molecule has 0 radical (unpaired) electrons. The lowest BCUT2D eigenvalue weighted by Crippen LogP contribution is -2.37. The number of benzene rings is 2. The van der Waals surface area contributed by atoms with Crippen LogP contribution < -0.4 is 29.8 Å². The Kier molecular flexibility index (Phi) is 4.97. The molecule has 0 fully saturated rings. The van der Waals surface area contributed by atoms with Gasteiger partial charge in [0.25, 0.3) is 0 Å². The van der Waals surface area contributed by atoms with E-state index in [9.17, 15) is 0 Å². The molecule has 0 bridgehead atoms. The first-order valence-electron chi connectivity index (χ1n) is 8.31. The highest BCUT2D eigenvalue weighted by atomic mass is 32.2. The van der Waals surface area contributed by atoms with Crippen molar-refractivity contribution in [3.63, 3.8) is 0 Å². The van der Waals surface area contributed by atoms with Gasteiger partial charge in [0.15, 0.2) is 16.7 Å². The standard InChI is InChI=1S/C19H19N3O4S/c1-23-13-4-6-16(24-2)14(8-13)15-10-27-19(22-21-15)20-9-12-3-5-17-18(7-12)26-11-25-17/h3-8,10,21H,9,11H2,1-2H3,(H,20,22). The minimum Gasteiger partial charge on any atom is -0.497 e. The maximum atomic E-state index is 5.44. The van der Waals surface area contributed by atoms with E-state index in [4.69, 9.17) is 18.9 Å². The highest BCUT2D eigenvalue weighted by Crippen LogP contribution is 2.33. The van der Waals surface area contributed by atoms with Gasteiger partial charge < -0.3 is 18.9 Å². The van der Waals surface area contributed by atoms with E-state index in [1.54, 1.807) is 14.2 Å². The Morgan fingerprint density at radius 2 is 1.93 bits per heavy atom. The molecular formula is C19H19N3O4S. The Bertz CT molecular complexity index is 914. The molecule has 0 atom stereocenters. The van der Waals surface area contributed by atoms with Crippen molar-refractivity contribution in [2.24, 2.45) is 4.99 Å². The molecule has 0 spiro atoms. The number of amidine groups is 1. The van der Waals surface area contributed by atoms with Crippen LogP contribution in [0, 0.1) is 0 Å². The van der Waals surface area contributed by atoms with Crippen molar-refractivity contribution in [3.05, 3.63) is 52.9 Å². The number of ether oxygens (including phenoxy) is 4. The van der Waals surface area contributed by atoms with Gasteiger partial charge in [0.2, 0.25) is 6.79 Å². The monoisotopic (exact) mass is 385 g/mol. The van der Waals surface area contributed by atoms with Crippen molar-refractivity contribution in [2.45, 2.75) is 6.54 Å². The highest BCUT2D eigenvalue weighted by molar-refractivity contribution is 8.16. The fraction of sp³-hybridized carbons (Fsp3) is 0.211. The second-order valence-electron chi connectivity index (χ2n) is 5.77. The summed E-state index contributed by atoms with van der Waals surface area (Å²) in [5, 5.41) is 2.77. The lowest BCUT2D eigenvalue weighted by atomic mass is 10.1. The first kappa shape index (κ1) is 17.4. The Labute approximate surface area is 161 Å². The quantitative estimate of drug-likeness (QED) is 0.819. The maximum absolute atomic E-state index is 5.44. The predicted octanol–water partition coefficient (Wildman–Crippen LogP) is 3.13. The second kappa shape index (κ2) is 7.71. The summed E-state index contributed by atoms with van der Waals surface area (Å²) in [4.78, 5) is 4.59. The third-order valence-electron chi connectivity index (χ3n) is 4.13. The number of methoxy groups -OCH3 is 2. The third-order valence-corrected chi connectivity index (χ3v) is 4.94. The van der Waals surface area contributed by atoms with Crippen molar-refractivity contribution in [1.29, 1.82) is 0 Å². The molecule has 8 heteroatoms. The Hall–Kier alpha value is -3.00. The molecule has 0 aliphatic carbocycles. The van der Waals surface area contributed by atoms with Crippen LogP contribution in [-0.2, 0) is 6.54 Å². The zero-order chi connectivity index (χ0) is 18.6. The molecule has 27 heavy (non-hydrogen) atoms. The summed E-state index contributed by atoms with van der Waals surface area (Å²) in [5.41, 5.74) is 9.14. The normalized spacial score (nSPS) is 16.4. The average molecular weight is 385 g/mol. The highest BCUT2D eigenvalue weighted by Gasteiger charge is 2.16. The molecule has 2 heterocycles. The molecule has 4 rings (SSSR count). The van der Waals surface area contributed by atoms with Gasteiger partial charge in [-0.25, -0.2) is 0 Å². The van der Waals surface area contributed by atoms with Crippen LogP contribution in [0.25, 0.3) is 5.70 Å². The molecule has 2 aromatic carbocycles. The van der Waals surface area contributed by atoms with Crippen molar-refractivity contribution in [1.82, 2.24) is 10.9 Å². The molecule has 7 nitrogen and oxygen atoms in total. The maximum Gasteiger partial charge on any atom is 0.231 e. The van der Waals surface area contributed by atoms with Crippen LogP contribution in [0.3, 0.4) is 0 Å². The SMILES string of the molecule is COc1ccc(OC)c(C2=CSC(=NCc3ccc4c(c3)OCO4)NN2)c1. The number of hydrazine groups is 1. The van der Waals surface area contributed by atoms with Gasteiger partial charge in [0.1, 0.15) is 11.5 Å². The van der Waals surface area contributed by atoms with Crippen molar-refractivity contribution >= 4 is 22.6 Å². The van der Waals surface area contributed by atoms with E-state index in [0.717, 1.165) is 45.0 Å². The van der Waals surface area contributed by atoms with Gasteiger partial charge in [-0.2, -0.15) is 0 Å². The van der Waals surface area contributed by atoms with Crippen LogP contribution in [0.4, 0.5) is 0 Å². The molecule has 140 valence electrons. The van der Waals surface area contributed by atoms with E-state index < -0.39 is 0 Å². The molecule has 0 saturated heterocycles. The lowest BCUT2D eigenvalue weighted by molar-refractivity contribution is 0.174. The van der Waals surface area contributed by atoms with Gasteiger partial charge >= 0.3 is 0 Å². The second-order valence-corrected chi connectivity index (χ2v) is 6.63. The molecule has 2 N–H and O–H groups in total. The predicted molar refractivity (Wildman–Crippen MR) is 105 cm³/mol. The van der Waals surface area contributed by atoms with E-state index in [2.05, 4.69) is 15.8 Å². The van der Waals surface area contributed by atoms with Gasteiger partial charge in [0, 0.05) is 11.0 Å². The van der Waals surface area contributed by atoms with E-state index in [1.165, 1.54) is 11.8 Å². The van der Waals surface area contributed by atoms with Crippen LogP contribution in [0.1, 0.15) is 11.1 Å². The fourth-order valence-electron chi connectivity index (χ4n) is 2.73. The smallest absolute Gasteiger partial charge is 0.231 e. The molecule has 0 unspecified atom stereocenters. The van der Waals surface area contributed by atoms with E-state index >= 15 is 0 Å². The van der Waals surface area contributed by atoms with Crippen LogP contribution in [0.15, 0.2) is 46.8 Å². The zero-order valence-electron chi connectivity index (χ0n) is 14.9. The summed E-state index contributed by atoms with van der Waals surface area (Å²) < 4.78 is 21.5. The topological polar surface area (TPSA) is 73.3 Å². The summed E-state index contributed by atoms with van der Waals surface area (Å²) in [6.07, 6.45) is 0. The van der Waals surface area contributed by atoms with E-state index in [0.29, 0.717) is 6.54 Å². The third kappa shape index (κ3) is 3.75. The van der Waals surface area contributed by atoms with Crippen LogP contribution >= 0.6 is 11.8 Å². The lowest BCUT2D eigenvalue weighted by Gasteiger charge is -2.21. The zero-order valence-corrected chi connectivity index (χ0v) is 15.8. The van der Waals surface area contributed by atoms with Gasteiger partial charge in [-0.05, 0) is 35.9 Å². The Morgan fingerprint density at radius 1 is 1.04 bits per heavy atom. The fourth-order valence-corrected chi connectivity index (χ4v) is 3.39. The molecule has 0 aromatic heterocycles. The Morgan fingerprint density at radius 3 is 2.70 bits per heavy atom. The number of nitrogens with zero attached hydrogens (tertiary/aromatic N) is 1. The van der Waals surface area contributed by atoms with E-state index in [-0.39, 0.29) is 6.79 Å². The van der Waals surface area contributed by atoms with Crippen molar-refractivity contribution < 1.29 is 18.9 Å². The minimum atomic E-state index is 0.274. The largest absolute Gasteiger partial charge is 0.497 e. The van der Waals surface area contributed by atoms with Crippen LogP contribution in [-0.4, -0.2) is 26.2 Å². The van der Waals surface area contributed by atoms with Gasteiger partial charge in [-0.15, -0.1) is 0 Å². The van der Waals surface area contributed by atoms with Crippen LogP contribution in [0.2, 0.25) is 0 Å². The molecule has 2 aliphatic rings. The molecule has 0 amide bonds. The molecule has 0 saturated carbocycles. The molecule has 2 aromatic rings. The summed E-state index contributed by atoms with van der Waals surface area (Å²) in [6.45, 7) is 0.815. The van der Waals surface area contributed by atoms with Gasteiger partial charge in [0.05, 0.1) is 26.5 Å².